The van der Waals surface area contributed by atoms with Gasteiger partial charge in [0.25, 0.3) is 0 Å². The predicted molar refractivity (Wildman–Crippen MR) is 110 cm³/mol. The topological polar surface area (TPSA) is 75.1 Å². The normalized spacial score (nSPS) is 16.1. The minimum absolute atomic E-state index is 0.0605. The van der Waals surface area contributed by atoms with E-state index in [1.807, 2.05) is 31.2 Å². The van der Waals surface area contributed by atoms with Crippen LogP contribution in [0.4, 0.5) is 4.79 Å². The summed E-state index contributed by atoms with van der Waals surface area (Å²) in [6, 6.07) is 8.50. The number of carbonyl (C=O) groups excluding carboxylic acids is 1. The molecule has 7 nitrogen and oxygen atoms in total. The maximum absolute atomic E-state index is 12.2. The van der Waals surface area contributed by atoms with E-state index >= 15 is 0 Å². The lowest BCUT2D eigenvalue weighted by Gasteiger charge is -2.31. The van der Waals surface area contributed by atoms with Gasteiger partial charge < -0.3 is 15.5 Å². The maximum atomic E-state index is 12.2. The quantitative estimate of drug-likeness (QED) is 0.685. The molecule has 1 heterocycles. The first kappa shape index (κ1) is 20.3. The van der Waals surface area contributed by atoms with Gasteiger partial charge in [0.05, 0.1) is 11.7 Å². The number of carbonyl (C=O) groups is 1. The molecule has 1 aliphatic rings. The molecular formula is C21H32N6O. The Labute approximate surface area is 167 Å². The zero-order valence-corrected chi connectivity index (χ0v) is 17.0. The second-order valence-corrected chi connectivity index (χ2v) is 7.68. The van der Waals surface area contributed by atoms with Gasteiger partial charge in [-0.2, -0.15) is 5.10 Å². The molecule has 0 saturated heterocycles. The molecule has 1 aromatic heterocycles. The number of aromatic nitrogens is 3. The van der Waals surface area contributed by atoms with Crippen LogP contribution in [0, 0.1) is 0 Å². The number of nitrogens with zero attached hydrogens (tertiary/aromatic N) is 4. The van der Waals surface area contributed by atoms with Gasteiger partial charge in [-0.1, -0.05) is 31.4 Å². The van der Waals surface area contributed by atoms with Crippen LogP contribution >= 0.6 is 0 Å². The first-order valence-electron chi connectivity index (χ1n) is 10.3. The van der Waals surface area contributed by atoms with Gasteiger partial charge in [0, 0.05) is 12.6 Å². The highest BCUT2D eigenvalue weighted by Crippen LogP contribution is 2.21. The summed E-state index contributed by atoms with van der Waals surface area (Å²) in [4.78, 5) is 18.6. The summed E-state index contributed by atoms with van der Waals surface area (Å²) in [7, 11) is 2.21. The molecule has 0 bridgehead atoms. The molecule has 1 fully saturated rings. The minimum atomic E-state index is -0.117. The van der Waals surface area contributed by atoms with Crippen molar-refractivity contribution in [1.29, 1.82) is 0 Å². The SMILES string of the molecule is CC(NC(=O)NCCCN(C)C1CCCCC1)c1ccc(-n2cncn2)cc1. The predicted octanol–water partition coefficient (Wildman–Crippen LogP) is 3.28. The minimum Gasteiger partial charge on any atom is -0.338 e. The van der Waals surface area contributed by atoms with Gasteiger partial charge in [-0.3, -0.25) is 0 Å². The third kappa shape index (κ3) is 5.79. The molecule has 0 aliphatic heterocycles. The first-order valence-corrected chi connectivity index (χ1v) is 10.3. The second kappa shape index (κ2) is 10.2. The molecule has 2 amide bonds. The van der Waals surface area contributed by atoms with Gasteiger partial charge in [-0.15, -0.1) is 0 Å². The average Bonchev–Trinajstić information content (AvgIpc) is 3.26. The van der Waals surface area contributed by atoms with Gasteiger partial charge in [0.15, 0.2) is 0 Å². The maximum Gasteiger partial charge on any atom is 0.315 e. The van der Waals surface area contributed by atoms with E-state index in [0.717, 1.165) is 30.3 Å². The van der Waals surface area contributed by atoms with Crippen LogP contribution in [0.5, 0.6) is 0 Å². The summed E-state index contributed by atoms with van der Waals surface area (Å²) in [5, 5.41) is 10.1. The molecule has 1 aliphatic carbocycles. The Morgan fingerprint density at radius 3 is 2.68 bits per heavy atom. The molecule has 152 valence electrons. The molecule has 2 aromatic rings. The monoisotopic (exact) mass is 384 g/mol. The number of hydrogen-bond donors (Lipinski definition) is 2. The standard InChI is InChI=1S/C21H32N6O/c1-17(18-9-11-20(12-10-18)27-16-22-15-24-27)25-21(28)23-13-6-14-26(2)19-7-4-3-5-8-19/h9-12,15-17,19H,3-8,13-14H2,1-2H3,(H2,23,25,28). The third-order valence-corrected chi connectivity index (χ3v) is 5.60. The zero-order valence-electron chi connectivity index (χ0n) is 17.0. The van der Waals surface area contributed by atoms with E-state index in [2.05, 4.69) is 32.7 Å². The van der Waals surface area contributed by atoms with Gasteiger partial charge in [-0.05, 0) is 57.5 Å². The summed E-state index contributed by atoms with van der Waals surface area (Å²) in [6.45, 7) is 3.71. The molecule has 1 atom stereocenters. The summed E-state index contributed by atoms with van der Waals surface area (Å²) >= 11 is 0. The van der Waals surface area contributed by atoms with Crippen LogP contribution < -0.4 is 10.6 Å². The van der Waals surface area contributed by atoms with Crippen molar-refractivity contribution < 1.29 is 4.79 Å². The summed E-state index contributed by atoms with van der Waals surface area (Å²) in [5.41, 5.74) is 2.00. The first-order chi connectivity index (χ1) is 13.6. The Bertz CT molecular complexity index is 709. The fourth-order valence-electron chi connectivity index (χ4n) is 3.82. The third-order valence-electron chi connectivity index (χ3n) is 5.60. The van der Waals surface area contributed by atoms with Crippen molar-refractivity contribution in [3.05, 3.63) is 42.5 Å². The van der Waals surface area contributed by atoms with Crippen LogP contribution in [0.1, 0.15) is 57.1 Å². The smallest absolute Gasteiger partial charge is 0.315 e. The number of benzene rings is 1. The zero-order chi connectivity index (χ0) is 19.8. The largest absolute Gasteiger partial charge is 0.338 e. The van der Waals surface area contributed by atoms with Crippen molar-refractivity contribution in [3.8, 4) is 5.69 Å². The van der Waals surface area contributed by atoms with E-state index in [9.17, 15) is 4.79 Å². The van der Waals surface area contributed by atoms with Crippen LogP contribution in [0.25, 0.3) is 5.69 Å². The number of urea groups is 1. The van der Waals surface area contributed by atoms with E-state index in [-0.39, 0.29) is 12.1 Å². The van der Waals surface area contributed by atoms with Crippen LogP contribution in [0.3, 0.4) is 0 Å². The van der Waals surface area contributed by atoms with Crippen LogP contribution in [-0.4, -0.2) is 51.9 Å². The van der Waals surface area contributed by atoms with E-state index in [0.29, 0.717) is 6.54 Å². The van der Waals surface area contributed by atoms with E-state index < -0.39 is 0 Å². The molecule has 2 N–H and O–H groups in total. The highest BCUT2D eigenvalue weighted by molar-refractivity contribution is 5.74. The Hall–Kier alpha value is -2.41. The molecule has 0 radical (unpaired) electrons. The highest BCUT2D eigenvalue weighted by Gasteiger charge is 2.17. The fourth-order valence-corrected chi connectivity index (χ4v) is 3.82. The van der Waals surface area contributed by atoms with Crippen LogP contribution in [0.15, 0.2) is 36.9 Å². The number of rotatable bonds is 8. The van der Waals surface area contributed by atoms with Crippen molar-refractivity contribution in [2.24, 2.45) is 0 Å². The highest BCUT2D eigenvalue weighted by atomic mass is 16.2. The van der Waals surface area contributed by atoms with E-state index in [4.69, 9.17) is 0 Å². The van der Waals surface area contributed by atoms with Crippen molar-refractivity contribution >= 4 is 6.03 Å². The summed E-state index contributed by atoms with van der Waals surface area (Å²) in [5.74, 6) is 0. The van der Waals surface area contributed by atoms with Crippen molar-refractivity contribution in [3.63, 3.8) is 0 Å². The van der Waals surface area contributed by atoms with Crippen LogP contribution in [0.2, 0.25) is 0 Å². The van der Waals surface area contributed by atoms with Crippen molar-refractivity contribution in [2.45, 2.75) is 57.5 Å². The van der Waals surface area contributed by atoms with Crippen molar-refractivity contribution in [1.82, 2.24) is 30.3 Å². The molecule has 1 aromatic carbocycles. The Morgan fingerprint density at radius 2 is 2.00 bits per heavy atom. The molecule has 0 spiro atoms. The molecule has 1 saturated carbocycles. The molecule has 1 unspecified atom stereocenters. The number of amides is 2. The van der Waals surface area contributed by atoms with Crippen LogP contribution in [-0.2, 0) is 0 Å². The lowest BCUT2D eigenvalue weighted by atomic mass is 9.94. The summed E-state index contributed by atoms with van der Waals surface area (Å²) < 4.78 is 1.71. The van der Waals surface area contributed by atoms with E-state index in [1.165, 1.54) is 38.4 Å². The summed E-state index contributed by atoms with van der Waals surface area (Å²) in [6.07, 6.45) is 10.9. The van der Waals surface area contributed by atoms with Gasteiger partial charge in [-0.25, -0.2) is 14.5 Å². The Balaban J connectivity index is 1.36. The molecule has 7 heteroatoms. The number of nitrogens with one attached hydrogen (secondary N) is 2. The van der Waals surface area contributed by atoms with Crippen molar-refractivity contribution in [2.75, 3.05) is 20.1 Å². The Morgan fingerprint density at radius 1 is 1.25 bits per heavy atom. The fraction of sp³-hybridized carbons (Fsp3) is 0.571. The average molecular weight is 385 g/mol. The molecular weight excluding hydrogens is 352 g/mol. The second-order valence-electron chi connectivity index (χ2n) is 7.68. The van der Waals surface area contributed by atoms with Gasteiger partial charge >= 0.3 is 6.03 Å². The van der Waals surface area contributed by atoms with E-state index in [1.54, 1.807) is 11.0 Å². The van der Waals surface area contributed by atoms with Gasteiger partial charge in [0.2, 0.25) is 0 Å². The molecule has 3 rings (SSSR count). The number of hydrogen-bond acceptors (Lipinski definition) is 4. The van der Waals surface area contributed by atoms with Gasteiger partial charge in [0.1, 0.15) is 12.7 Å². The lowest BCUT2D eigenvalue weighted by molar-refractivity contribution is 0.189. The molecule has 28 heavy (non-hydrogen) atoms. The lowest BCUT2D eigenvalue weighted by Crippen LogP contribution is -2.39. The Kier molecular flexibility index (Phi) is 7.42.